The van der Waals surface area contributed by atoms with Crippen molar-refractivity contribution in [2.75, 3.05) is 4.90 Å². The van der Waals surface area contributed by atoms with E-state index >= 15 is 0 Å². The summed E-state index contributed by atoms with van der Waals surface area (Å²) >= 11 is 1.56. The molecule has 0 unspecified atom stereocenters. The molecule has 1 saturated carbocycles. The second-order valence-electron chi connectivity index (χ2n) is 8.61. The van der Waals surface area contributed by atoms with Crippen LogP contribution in [0.3, 0.4) is 0 Å². The number of thiophene rings is 1. The summed E-state index contributed by atoms with van der Waals surface area (Å²) in [4.78, 5) is 30.2. The number of aryl methyl sites for hydroxylation is 2. The minimum absolute atomic E-state index is 0.0742. The lowest BCUT2D eigenvalue weighted by Crippen LogP contribution is -2.47. The zero-order valence-corrected chi connectivity index (χ0v) is 19.5. The molecule has 5 heteroatoms. The topological polar surface area (TPSA) is 49.4 Å². The molecule has 4 rings (SSSR count). The first-order valence-corrected chi connectivity index (χ1v) is 12.2. The Balaban J connectivity index is 1.77. The number of hydrogen-bond donors (Lipinski definition) is 1. The van der Waals surface area contributed by atoms with Crippen LogP contribution in [0.2, 0.25) is 0 Å². The number of nitrogens with one attached hydrogen (secondary N) is 1. The van der Waals surface area contributed by atoms with Crippen molar-refractivity contribution in [1.82, 2.24) is 5.32 Å². The Bertz CT molecular complexity index is 1060. The monoisotopic (exact) mass is 446 g/mol. The minimum atomic E-state index is -0.717. The summed E-state index contributed by atoms with van der Waals surface area (Å²) in [6, 6.07) is 19.1. The molecule has 1 aliphatic rings. The van der Waals surface area contributed by atoms with Gasteiger partial charge in [-0.3, -0.25) is 14.5 Å². The van der Waals surface area contributed by atoms with Gasteiger partial charge in [0.05, 0.1) is 6.42 Å². The van der Waals surface area contributed by atoms with Gasteiger partial charge in [-0.25, -0.2) is 0 Å². The first kappa shape index (κ1) is 22.3. The maximum absolute atomic E-state index is 13.8. The average molecular weight is 447 g/mol. The molecule has 3 aromatic rings. The molecule has 4 nitrogen and oxygen atoms in total. The molecule has 0 radical (unpaired) electrons. The van der Waals surface area contributed by atoms with E-state index in [2.05, 4.69) is 11.4 Å². The number of anilines is 1. The Morgan fingerprint density at radius 1 is 1.03 bits per heavy atom. The van der Waals surface area contributed by atoms with Crippen LogP contribution in [0.15, 0.2) is 66.0 Å². The van der Waals surface area contributed by atoms with Crippen LogP contribution in [0.5, 0.6) is 0 Å². The number of nitrogens with zero attached hydrogens (tertiary/aromatic N) is 1. The third-order valence-corrected chi connectivity index (χ3v) is 6.99. The molecule has 1 fully saturated rings. The van der Waals surface area contributed by atoms with Crippen LogP contribution in [0, 0.1) is 13.8 Å². The minimum Gasteiger partial charge on any atom is -0.351 e. The van der Waals surface area contributed by atoms with Crippen LogP contribution in [0.1, 0.15) is 53.3 Å². The number of carbonyl (C=O) groups is 2. The van der Waals surface area contributed by atoms with Crippen LogP contribution in [0.4, 0.5) is 5.69 Å². The summed E-state index contributed by atoms with van der Waals surface area (Å²) in [6.45, 7) is 4.04. The van der Waals surface area contributed by atoms with E-state index in [4.69, 9.17) is 0 Å². The third-order valence-electron chi connectivity index (χ3n) is 6.11. The lowest BCUT2D eigenvalue weighted by Gasteiger charge is -2.33. The second kappa shape index (κ2) is 10.1. The molecule has 0 bridgehead atoms. The van der Waals surface area contributed by atoms with Crippen LogP contribution < -0.4 is 10.2 Å². The Morgan fingerprint density at radius 2 is 1.78 bits per heavy atom. The fraction of sp³-hybridized carbons (Fsp3) is 0.333. The molecule has 32 heavy (non-hydrogen) atoms. The van der Waals surface area contributed by atoms with Gasteiger partial charge in [0.15, 0.2) is 0 Å². The molecule has 1 aromatic heterocycles. The van der Waals surface area contributed by atoms with Gasteiger partial charge in [-0.2, -0.15) is 0 Å². The summed E-state index contributed by atoms with van der Waals surface area (Å²) < 4.78 is 0. The van der Waals surface area contributed by atoms with Gasteiger partial charge in [0, 0.05) is 16.6 Å². The summed E-state index contributed by atoms with van der Waals surface area (Å²) in [5, 5.41) is 5.22. The molecule has 0 saturated heterocycles. The van der Waals surface area contributed by atoms with E-state index in [0.717, 1.165) is 52.9 Å². The van der Waals surface area contributed by atoms with Gasteiger partial charge >= 0.3 is 0 Å². The van der Waals surface area contributed by atoms with E-state index in [1.54, 1.807) is 16.2 Å². The molecule has 1 N–H and O–H groups in total. The molecule has 2 amide bonds. The van der Waals surface area contributed by atoms with Crippen molar-refractivity contribution < 1.29 is 9.59 Å². The lowest BCUT2D eigenvalue weighted by atomic mass is 10.00. The standard InChI is InChI=1S/C27H30N2O2S/c1-19-14-15-24(20(2)17-19)29(25(30)18-23-13-8-16-32-23)26(21-9-4-3-5-10-21)27(31)28-22-11-6-7-12-22/h3-5,8-10,13-17,22,26H,6-7,11-12,18H2,1-2H3,(H,28,31)/t26-/m0/s1. The van der Waals surface area contributed by atoms with Gasteiger partial charge < -0.3 is 5.32 Å². The van der Waals surface area contributed by atoms with Crippen molar-refractivity contribution >= 4 is 28.8 Å². The fourth-order valence-corrected chi connectivity index (χ4v) is 5.24. The second-order valence-corrected chi connectivity index (χ2v) is 9.65. The number of carbonyl (C=O) groups excluding carboxylic acids is 2. The first-order chi connectivity index (χ1) is 15.5. The fourth-order valence-electron chi connectivity index (χ4n) is 4.54. The maximum Gasteiger partial charge on any atom is 0.248 e. The van der Waals surface area contributed by atoms with E-state index in [9.17, 15) is 9.59 Å². The number of benzene rings is 2. The maximum atomic E-state index is 13.8. The van der Waals surface area contributed by atoms with Crippen LogP contribution in [-0.4, -0.2) is 17.9 Å². The van der Waals surface area contributed by atoms with E-state index in [-0.39, 0.29) is 24.3 Å². The number of amides is 2. The smallest absolute Gasteiger partial charge is 0.248 e. The summed E-state index contributed by atoms with van der Waals surface area (Å²) in [6.07, 6.45) is 4.54. The van der Waals surface area contributed by atoms with Crippen LogP contribution in [0.25, 0.3) is 0 Å². The van der Waals surface area contributed by atoms with Gasteiger partial charge in [0.1, 0.15) is 6.04 Å². The normalized spacial score (nSPS) is 14.8. The summed E-state index contributed by atoms with van der Waals surface area (Å²) in [5.74, 6) is -0.183. The molecule has 0 spiro atoms. The van der Waals surface area contributed by atoms with Crippen molar-refractivity contribution in [3.8, 4) is 0 Å². The van der Waals surface area contributed by atoms with Crippen molar-refractivity contribution in [3.63, 3.8) is 0 Å². The Kier molecular flexibility index (Phi) is 7.05. The van der Waals surface area contributed by atoms with E-state index in [1.807, 2.05) is 73.8 Å². The molecule has 166 valence electrons. The predicted molar refractivity (Wildman–Crippen MR) is 131 cm³/mol. The van der Waals surface area contributed by atoms with Gasteiger partial charge in [-0.05, 0) is 55.3 Å². The highest BCUT2D eigenvalue weighted by atomic mass is 32.1. The molecule has 2 aromatic carbocycles. The molecule has 1 aliphatic carbocycles. The Hall–Kier alpha value is -2.92. The van der Waals surface area contributed by atoms with Crippen molar-refractivity contribution in [3.05, 3.63) is 87.6 Å². The molecular weight excluding hydrogens is 416 g/mol. The molecule has 1 heterocycles. The Morgan fingerprint density at radius 3 is 2.44 bits per heavy atom. The first-order valence-electron chi connectivity index (χ1n) is 11.3. The van der Waals surface area contributed by atoms with Gasteiger partial charge in [-0.1, -0.05) is 66.9 Å². The largest absolute Gasteiger partial charge is 0.351 e. The van der Waals surface area contributed by atoms with Gasteiger partial charge in [0.25, 0.3) is 0 Å². The highest BCUT2D eigenvalue weighted by molar-refractivity contribution is 7.10. The van der Waals surface area contributed by atoms with Crippen LogP contribution in [-0.2, 0) is 16.0 Å². The highest BCUT2D eigenvalue weighted by Gasteiger charge is 2.34. The number of hydrogen-bond acceptors (Lipinski definition) is 3. The van der Waals surface area contributed by atoms with E-state index < -0.39 is 6.04 Å². The summed E-state index contributed by atoms with van der Waals surface area (Å²) in [5.41, 5.74) is 3.72. The zero-order valence-electron chi connectivity index (χ0n) is 18.7. The third kappa shape index (κ3) is 5.10. The SMILES string of the molecule is Cc1ccc(N(C(=O)Cc2cccs2)[C@H](C(=O)NC2CCCC2)c2ccccc2)c(C)c1. The van der Waals surface area contributed by atoms with E-state index in [0.29, 0.717) is 0 Å². The Labute approximate surface area is 194 Å². The van der Waals surface area contributed by atoms with Gasteiger partial charge in [0.2, 0.25) is 11.8 Å². The van der Waals surface area contributed by atoms with Gasteiger partial charge in [-0.15, -0.1) is 11.3 Å². The quantitative estimate of drug-likeness (QED) is 0.503. The molecular formula is C27H30N2O2S. The zero-order chi connectivity index (χ0) is 22.5. The van der Waals surface area contributed by atoms with Crippen molar-refractivity contribution in [2.45, 2.75) is 58.0 Å². The number of rotatable bonds is 7. The van der Waals surface area contributed by atoms with Crippen molar-refractivity contribution in [1.29, 1.82) is 0 Å². The van der Waals surface area contributed by atoms with Crippen molar-refractivity contribution in [2.24, 2.45) is 0 Å². The summed E-state index contributed by atoms with van der Waals surface area (Å²) in [7, 11) is 0. The molecule has 0 aliphatic heterocycles. The average Bonchev–Trinajstić information content (AvgIpc) is 3.47. The van der Waals surface area contributed by atoms with E-state index in [1.165, 1.54) is 0 Å². The van der Waals surface area contributed by atoms with Crippen LogP contribution >= 0.6 is 11.3 Å². The molecule has 1 atom stereocenters. The highest BCUT2D eigenvalue weighted by Crippen LogP contribution is 2.32. The lowest BCUT2D eigenvalue weighted by molar-refractivity contribution is -0.127. The predicted octanol–water partition coefficient (Wildman–Crippen LogP) is 5.74.